The first-order chi connectivity index (χ1) is 7.69. The first-order valence-electron chi connectivity index (χ1n) is 5.06. The topological polar surface area (TPSA) is 61.7 Å². The molecule has 2 rings (SSSR count). The van der Waals surface area contributed by atoms with Crippen LogP contribution in [0.4, 0.5) is 4.39 Å². The van der Waals surface area contributed by atoms with Crippen molar-refractivity contribution in [2.24, 2.45) is 0 Å². The third-order valence-electron chi connectivity index (χ3n) is 2.74. The van der Waals surface area contributed by atoms with Gasteiger partial charge in [-0.2, -0.15) is 0 Å². The van der Waals surface area contributed by atoms with E-state index in [1.165, 1.54) is 12.1 Å². The van der Waals surface area contributed by atoms with Crippen LogP contribution in [-0.4, -0.2) is 35.6 Å². The monoisotopic (exact) mass is 227 g/mol. The van der Waals surface area contributed by atoms with Gasteiger partial charge in [0.15, 0.2) is 0 Å². The molecule has 3 N–H and O–H groups in total. The average Bonchev–Trinajstić information content (AvgIpc) is 2.75. The molecule has 1 atom stereocenters. The molecule has 0 unspecified atom stereocenters. The van der Waals surface area contributed by atoms with Crippen LogP contribution in [0.2, 0.25) is 0 Å². The Morgan fingerprint density at radius 2 is 1.94 bits per heavy atom. The molecule has 1 heterocycles. The molecule has 1 aliphatic rings. The van der Waals surface area contributed by atoms with Crippen LogP contribution in [0.3, 0.4) is 0 Å². The van der Waals surface area contributed by atoms with E-state index in [0.717, 1.165) is 5.56 Å². The van der Waals surface area contributed by atoms with Gasteiger partial charge in [-0.05, 0) is 17.7 Å². The zero-order valence-electron chi connectivity index (χ0n) is 8.69. The zero-order chi connectivity index (χ0) is 11.6. The van der Waals surface area contributed by atoms with Gasteiger partial charge in [0.2, 0.25) is 0 Å². The number of rotatable bonds is 3. The molecule has 16 heavy (non-hydrogen) atoms. The van der Waals surface area contributed by atoms with E-state index in [2.05, 4.69) is 5.32 Å². The fourth-order valence-electron chi connectivity index (χ4n) is 1.65. The molecular weight excluding hydrogens is 213 g/mol. The molecule has 1 aromatic rings. The van der Waals surface area contributed by atoms with Crippen molar-refractivity contribution in [3.8, 4) is 0 Å². The van der Waals surface area contributed by atoms with Crippen LogP contribution in [0, 0.1) is 5.82 Å². The molecule has 0 saturated carbocycles. The Balaban J connectivity index is 2.11. The molecule has 4 nitrogen and oxygen atoms in total. The Kier molecular flexibility index (Phi) is 3.20. The lowest BCUT2D eigenvalue weighted by atomic mass is 10.0. The van der Waals surface area contributed by atoms with Crippen LogP contribution >= 0.6 is 0 Å². The summed E-state index contributed by atoms with van der Waals surface area (Å²) in [5, 5.41) is 21.3. The number of nitrogens with one attached hydrogen (secondary N) is 1. The van der Waals surface area contributed by atoms with Gasteiger partial charge in [-0.25, -0.2) is 4.39 Å². The Labute approximate surface area is 92.7 Å². The second-order valence-electron chi connectivity index (χ2n) is 3.98. The predicted molar refractivity (Wildman–Crippen MR) is 55.1 cm³/mol. The SMILES string of the molecule is OCC1(CO)CO[C@H](c2ccc(F)cc2)N1. The van der Waals surface area contributed by atoms with E-state index < -0.39 is 11.8 Å². The third kappa shape index (κ3) is 2.08. The van der Waals surface area contributed by atoms with E-state index in [4.69, 9.17) is 14.9 Å². The van der Waals surface area contributed by atoms with Crippen LogP contribution < -0.4 is 5.32 Å². The molecule has 0 radical (unpaired) electrons. The molecule has 0 aromatic heterocycles. The summed E-state index contributed by atoms with van der Waals surface area (Å²) in [5.74, 6) is -0.308. The Morgan fingerprint density at radius 1 is 1.31 bits per heavy atom. The Bertz CT molecular complexity index is 351. The maximum absolute atomic E-state index is 12.7. The lowest BCUT2D eigenvalue weighted by molar-refractivity contribution is 0.0760. The molecule has 1 fully saturated rings. The minimum absolute atomic E-state index is 0.207. The van der Waals surface area contributed by atoms with Crippen LogP contribution in [0.5, 0.6) is 0 Å². The van der Waals surface area contributed by atoms with Gasteiger partial charge < -0.3 is 14.9 Å². The first kappa shape index (κ1) is 11.5. The molecule has 88 valence electrons. The van der Waals surface area contributed by atoms with E-state index in [0.29, 0.717) is 0 Å². The standard InChI is InChI=1S/C11H14FNO3/c12-9-3-1-8(2-4-9)10-13-11(5-14,6-15)7-16-10/h1-4,10,13-15H,5-7H2/t10-/m1/s1. The molecule has 0 spiro atoms. The van der Waals surface area contributed by atoms with Crippen molar-refractivity contribution in [3.05, 3.63) is 35.6 Å². The number of aliphatic hydroxyl groups is 2. The minimum atomic E-state index is -0.806. The molecule has 0 bridgehead atoms. The number of halogens is 1. The van der Waals surface area contributed by atoms with Crippen molar-refractivity contribution >= 4 is 0 Å². The number of benzene rings is 1. The van der Waals surface area contributed by atoms with Gasteiger partial charge in [-0.3, -0.25) is 5.32 Å². The van der Waals surface area contributed by atoms with E-state index in [1.807, 2.05) is 0 Å². The molecule has 1 aliphatic heterocycles. The highest BCUT2D eigenvalue weighted by molar-refractivity contribution is 5.20. The highest BCUT2D eigenvalue weighted by atomic mass is 19.1. The zero-order valence-corrected chi connectivity index (χ0v) is 8.69. The maximum Gasteiger partial charge on any atom is 0.135 e. The van der Waals surface area contributed by atoms with Gasteiger partial charge in [0.05, 0.1) is 25.4 Å². The highest BCUT2D eigenvalue weighted by Gasteiger charge is 2.39. The summed E-state index contributed by atoms with van der Waals surface area (Å²) in [6, 6.07) is 5.91. The Hall–Kier alpha value is -1.01. The van der Waals surface area contributed by atoms with Crippen molar-refractivity contribution < 1.29 is 19.3 Å². The van der Waals surface area contributed by atoms with Gasteiger partial charge in [0, 0.05) is 0 Å². The van der Waals surface area contributed by atoms with Crippen molar-refractivity contribution in [2.45, 2.75) is 11.8 Å². The van der Waals surface area contributed by atoms with Crippen molar-refractivity contribution in [3.63, 3.8) is 0 Å². The normalized spacial score (nSPS) is 23.6. The van der Waals surface area contributed by atoms with Crippen LogP contribution in [0.15, 0.2) is 24.3 Å². The molecule has 0 aliphatic carbocycles. The van der Waals surface area contributed by atoms with Crippen molar-refractivity contribution in [1.82, 2.24) is 5.32 Å². The van der Waals surface area contributed by atoms with Gasteiger partial charge in [-0.1, -0.05) is 12.1 Å². The fraction of sp³-hybridized carbons (Fsp3) is 0.455. The summed E-state index contributed by atoms with van der Waals surface area (Å²) >= 11 is 0. The maximum atomic E-state index is 12.7. The third-order valence-corrected chi connectivity index (χ3v) is 2.74. The van der Waals surface area contributed by atoms with E-state index in [-0.39, 0.29) is 25.6 Å². The molecule has 0 amide bonds. The summed E-state index contributed by atoms with van der Waals surface area (Å²) < 4.78 is 18.1. The van der Waals surface area contributed by atoms with Crippen LogP contribution in [0.25, 0.3) is 0 Å². The summed E-state index contributed by atoms with van der Waals surface area (Å²) in [4.78, 5) is 0. The number of aliphatic hydroxyl groups excluding tert-OH is 2. The summed E-state index contributed by atoms with van der Waals surface area (Å²) in [7, 11) is 0. The van der Waals surface area contributed by atoms with Gasteiger partial charge in [0.1, 0.15) is 12.0 Å². The van der Waals surface area contributed by atoms with Gasteiger partial charge in [0.25, 0.3) is 0 Å². The summed E-state index contributed by atoms with van der Waals surface area (Å²) in [5.41, 5.74) is -0.0378. The molecule has 1 saturated heterocycles. The largest absolute Gasteiger partial charge is 0.394 e. The number of hydrogen-bond acceptors (Lipinski definition) is 4. The van der Waals surface area contributed by atoms with Gasteiger partial charge in [-0.15, -0.1) is 0 Å². The van der Waals surface area contributed by atoms with Crippen LogP contribution in [0.1, 0.15) is 11.8 Å². The van der Waals surface area contributed by atoms with Crippen LogP contribution in [-0.2, 0) is 4.74 Å². The summed E-state index contributed by atoms with van der Waals surface area (Å²) in [6.45, 7) is -0.190. The minimum Gasteiger partial charge on any atom is -0.394 e. The average molecular weight is 227 g/mol. The summed E-state index contributed by atoms with van der Waals surface area (Å²) in [6.07, 6.45) is -0.417. The van der Waals surface area contributed by atoms with Crippen molar-refractivity contribution in [1.29, 1.82) is 0 Å². The van der Waals surface area contributed by atoms with Crippen molar-refractivity contribution in [2.75, 3.05) is 19.8 Å². The van der Waals surface area contributed by atoms with E-state index in [1.54, 1.807) is 12.1 Å². The second kappa shape index (κ2) is 4.47. The quantitative estimate of drug-likeness (QED) is 0.688. The van der Waals surface area contributed by atoms with E-state index >= 15 is 0 Å². The smallest absolute Gasteiger partial charge is 0.135 e. The Morgan fingerprint density at radius 3 is 2.44 bits per heavy atom. The lowest BCUT2D eigenvalue weighted by Gasteiger charge is -2.23. The number of ether oxygens (including phenoxy) is 1. The second-order valence-corrected chi connectivity index (χ2v) is 3.98. The number of hydrogen-bond donors (Lipinski definition) is 3. The molecule has 1 aromatic carbocycles. The fourth-order valence-corrected chi connectivity index (χ4v) is 1.65. The van der Waals surface area contributed by atoms with Gasteiger partial charge >= 0.3 is 0 Å². The van der Waals surface area contributed by atoms with E-state index in [9.17, 15) is 4.39 Å². The molecular formula is C11H14FNO3. The first-order valence-corrected chi connectivity index (χ1v) is 5.06. The highest BCUT2D eigenvalue weighted by Crippen LogP contribution is 2.26. The molecule has 5 heteroatoms. The lowest BCUT2D eigenvalue weighted by Crippen LogP contribution is -2.49. The predicted octanol–water partition coefficient (Wildman–Crippen LogP) is 0.167.